The van der Waals surface area contributed by atoms with Crippen LogP contribution in [0.5, 0.6) is 0 Å². The minimum absolute atomic E-state index is 0.250. The Morgan fingerprint density at radius 3 is 2.67 bits per heavy atom. The van der Waals surface area contributed by atoms with Crippen LogP contribution in [0, 0.1) is 5.82 Å². The number of hydrogen-bond acceptors (Lipinski definition) is 3. The van der Waals surface area contributed by atoms with Gasteiger partial charge in [0.25, 0.3) is 0 Å². The highest BCUT2D eigenvalue weighted by Crippen LogP contribution is 2.20. The van der Waals surface area contributed by atoms with Gasteiger partial charge in [-0.2, -0.15) is 0 Å². The van der Waals surface area contributed by atoms with Gasteiger partial charge in [-0.15, -0.1) is 0 Å². The number of urea groups is 1. The monoisotopic (exact) mass is 286 g/mol. The lowest BCUT2D eigenvalue weighted by atomic mass is 10.3. The topological polar surface area (TPSA) is 66.0 Å². The Labute approximate surface area is 121 Å². The molecule has 108 valence electrons. The number of anilines is 3. The van der Waals surface area contributed by atoms with Crippen LogP contribution in [-0.4, -0.2) is 17.1 Å². The van der Waals surface area contributed by atoms with Crippen molar-refractivity contribution in [1.29, 1.82) is 0 Å². The van der Waals surface area contributed by atoms with E-state index < -0.39 is 0 Å². The maximum atomic E-state index is 13.5. The molecular weight excluding hydrogens is 271 g/mol. The number of carbonyl (C=O) groups is 1. The van der Waals surface area contributed by atoms with Gasteiger partial charge in [-0.25, -0.2) is 14.2 Å². The molecule has 0 unspecified atom stereocenters. The molecule has 1 aliphatic rings. The van der Waals surface area contributed by atoms with E-state index in [-0.39, 0.29) is 11.8 Å². The lowest BCUT2D eigenvalue weighted by molar-refractivity contribution is 0.251. The Kier molecular flexibility index (Phi) is 3.68. The van der Waals surface area contributed by atoms with Crippen LogP contribution in [-0.2, 0) is 0 Å². The molecule has 6 heteroatoms. The van der Waals surface area contributed by atoms with Crippen LogP contribution >= 0.6 is 0 Å². The predicted molar refractivity (Wildman–Crippen MR) is 79.1 cm³/mol. The minimum atomic E-state index is -0.330. The lowest BCUT2D eigenvalue weighted by Gasteiger charge is -2.09. The highest BCUT2D eigenvalue weighted by atomic mass is 19.1. The van der Waals surface area contributed by atoms with Crippen molar-refractivity contribution in [2.75, 3.05) is 10.6 Å². The van der Waals surface area contributed by atoms with Gasteiger partial charge in [0.1, 0.15) is 11.6 Å². The maximum absolute atomic E-state index is 13.5. The van der Waals surface area contributed by atoms with E-state index in [1.807, 2.05) is 0 Å². The first-order valence-corrected chi connectivity index (χ1v) is 6.76. The number of nitrogens with one attached hydrogen (secondary N) is 3. The number of hydrogen-bond donors (Lipinski definition) is 3. The van der Waals surface area contributed by atoms with E-state index in [1.165, 1.54) is 6.07 Å². The van der Waals surface area contributed by atoms with Gasteiger partial charge in [0.05, 0.1) is 17.6 Å². The molecule has 0 bridgehead atoms. The number of halogens is 1. The van der Waals surface area contributed by atoms with Crippen LogP contribution in [0.25, 0.3) is 0 Å². The number of nitrogens with zero attached hydrogens (tertiary/aromatic N) is 1. The third kappa shape index (κ3) is 3.68. The molecule has 0 aliphatic heterocycles. The summed E-state index contributed by atoms with van der Waals surface area (Å²) in [5.41, 5.74) is 1.03. The van der Waals surface area contributed by atoms with E-state index in [0.717, 1.165) is 12.8 Å². The van der Waals surface area contributed by atoms with Crippen molar-refractivity contribution in [1.82, 2.24) is 10.3 Å². The van der Waals surface area contributed by atoms with Crippen LogP contribution in [0.4, 0.5) is 26.4 Å². The molecule has 1 saturated carbocycles. The largest absolute Gasteiger partial charge is 0.352 e. The number of rotatable bonds is 4. The highest BCUT2D eigenvalue weighted by molar-refractivity contribution is 5.88. The molecule has 2 amide bonds. The van der Waals surface area contributed by atoms with Crippen molar-refractivity contribution >= 4 is 23.2 Å². The third-order valence-electron chi connectivity index (χ3n) is 3.07. The molecule has 0 atom stereocenters. The summed E-state index contributed by atoms with van der Waals surface area (Å²) in [5, 5.41) is 8.39. The fourth-order valence-electron chi connectivity index (χ4n) is 1.83. The van der Waals surface area contributed by atoms with E-state index in [0.29, 0.717) is 23.2 Å². The molecule has 1 aromatic carbocycles. The summed E-state index contributed by atoms with van der Waals surface area (Å²) >= 11 is 0. The molecule has 1 aliphatic carbocycles. The molecule has 1 aromatic heterocycles. The number of pyridine rings is 1. The lowest BCUT2D eigenvalue weighted by Crippen LogP contribution is -2.30. The molecule has 1 fully saturated rings. The number of carbonyl (C=O) groups excluding carboxylic acids is 1. The van der Waals surface area contributed by atoms with Crippen LogP contribution in [0.2, 0.25) is 0 Å². The molecule has 0 spiro atoms. The zero-order chi connectivity index (χ0) is 14.7. The smallest absolute Gasteiger partial charge is 0.320 e. The van der Waals surface area contributed by atoms with E-state index >= 15 is 0 Å². The van der Waals surface area contributed by atoms with Gasteiger partial charge in [-0.1, -0.05) is 12.1 Å². The van der Waals surface area contributed by atoms with Crippen molar-refractivity contribution in [2.24, 2.45) is 0 Å². The van der Waals surface area contributed by atoms with Crippen LogP contribution in [0.15, 0.2) is 42.6 Å². The van der Waals surface area contributed by atoms with Gasteiger partial charge in [0.2, 0.25) is 0 Å². The molecule has 0 radical (unpaired) electrons. The molecule has 0 saturated heterocycles. The quantitative estimate of drug-likeness (QED) is 0.808. The second kappa shape index (κ2) is 5.78. The zero-order valence-electron chi connectivity index (χ0n) is 11.3. The zero-order valence-corrected chi connectivity index (χ0v) is 11.3. The summed E-state index contributed by atoms with van der Waals surface area (Å²) in [4.78, 5) is 15.7. The molecule has 1 heterocycles. The van der Waals surface area contributed by atoms with Gasteiger partial charge in [0, 0.05) is 6.04 Å². The standard InChI is InChI=1S/C15H15FN4O/c16-12-3-1-2-4-13(12)18-11-7-8-14(17-9-11)20-15(21)19-10-5-6-10/h1-4,7-10,18H,5-6H2,(H2,17,19,20,21). The van der Waals surface area contributed by atoms with Gasteiger partial charge in [-0.05, 0) is 37.1 Å². The molecule has 3 rings (SSSR count). The molecule has 5 nitrogen and oxygen atoms in total. The van der Waals surface area contributed by atoms with Gasteiger partial charge >= 0.3 is 6.03 Å². The Morgan fingerprint density at radius 1 is 1.19 bits per heavy atom. The number of para-hydroxylation sites is 1. The van der Waals surface area contributed by atoms with E-state index in [4.69, 9.17) is 0 Å². The van der Waals surface area contributed by atoms with E-state index in [1.54, 1.807) is 36.5 Å². The summed E-state index contributed by atoms with van der Waals surface area (Å²) in [7, 11) is 0. The average molecular weight is 286 g/mol. The molecule has 2 aromatic rings. The van der Waals surface area contributed by atoms with Crippen LogP contribution < -0.4 is 16.0 Å². The first-order chi connectivity index (χ1) is 10.2. The Morgan fingerprint density at radius 2 is 2.00 bits per heavy atom. The maximum Gasteiger partial charge on any atom is 0.320 e. The Hall–Kier alpha value is -2.63. The van der Waals surface area contributed by atoms with Crippen molar-refractivity contribution in [3.8, 4) is 0 Å². The summed E-state index contributed by atoms with van der Waals surface area (Å²) in [6, 6.07) is 9.84. The number of amides is 2. The summed E-state index contributed by atoms with van der Waals surface area (Å²) in [6.45, 7) is 0. The van der Waals surface area contributed by atoms with Crippen molar-refractivity contribution in [3.05, 3.63) is 48.4 Å². The van der Waals surface area contributed by atoms with Crippen LogP contribution in [0.1, 0.15) is 12.8 Å². The molecule has 3 N–H and O–H groups in total. The van der Waals surface area contributed by atoms with Gasteiger partial charge < -0.3 is 10.6 Å². The average Bonchev–Trinajstić information content (AvgIpc) is 3.27. The molecular formula is C15H15FN4O. The van der Waals surface area contributed by atoms with Gasteiger partial charge in [-0.3, -0.25) is 5.32 Å². The summed E-state index contributed by atoms with van der Waals surface area (Å²) in [5.74, 6) is 0.121. The van der Waals surface area contributed by atoms with Crippen LogP contribution in [0.3, 0.4) is 0 Å². The summed E-state index contributed by atoms with van der Waals surface area (Å²) < 4.78 is 13.5. The first-order valence-electron chi connectivity index (χ1n) is 6.76. The third-order valence-corrected chi connectivity index (χ3v) is 3.07. The van der Waals surface area contributed by atoms with Crippen molar-refractivity contribution < 1.29 is 9.18 Å². The highest BCUT2D eigenvalue weighted by Gasteiger charge is 2.23. The van der Waals surface area contributed by atoms with E-state index in [9.17, 15) is 9.18 Å². The second-order valence-electron chi connectivity index (χ2n) is 4.91. The first kappa shape index (κ1) is 13.4. The van der Waals surface area contributed by atoms with E-state index in [2.05, 4.69) is 20.9 Å². The van der Waals surface area contributed by atoms with Crippen molar-refractivity contribution in [2.45, 2.75) is 18.9 Å². The molecule has 21 heavy (non-hydrogen) atoms. The Balaban J connectivity index is 1.61. The summed E-state index contributed by atoms with van der Waals surface area (Å²) in [6.07, 6.45) is 3.61. The SMILES string of the molecule is O=C(Nc1ccc(Nc2ccccc2F)cn1)NC1CC1. The minimum Gasteiger partial charge on any atom is -0.352 e. The second-order valence-corrected chi connectivity index (χ2v) is 4.91. The predicted octanol–water partition coefficient (Wildman–Crippen LogP) is 3.25. The Bertz CT molecular complexity index is 640. The van der Waals surface area contributed by atoms with Crippen molar-refractivity contribution in [3.63, 3.8) is 0 Å². The normalized spacial score (nSPS) is 13.6. The fourth-order valence-corrected chi connectivity index (χ4v) is 1.83. The fraction of sp³-hybridized carbons (Fsp3) is 0.200. The van der Waals surface area contributed by atoms with Gasteiger partial charge in [0.15, 0.2) is 0 Å². The number of aromatic nitrogens is 1. The number of benzene rings is 1.